The van der Waals surface area contributed by atoms with Crippen molar-refractivity contribution >= 4 is 0 Å². The summed E-state index contributed by atoms with van der Waals surface area (Å²) in [5, 5.41) is 13.5. The summed E-state index contributed by atoms with van der Waals surface area (Å²) in [5.74, 6) is 1.02. The Labute approximate surface area is 144 Å². The van der Waals surface area contributed by atoms with Crippen molar-refractivity contribution in [3.8, 4) is 0 Å². The molecule has 0 aromatic carbocycles. The molecule has 0 radical (unpaired) electrons. The Morgan fingerprint density at radius 2 is 2.00 bits per heavy atom. The third-order valence-electron chi connectivity index (χ3n) is 4.87. The quantitative estimate of drug-likeness (QED) is 0.886. The number of rotatable bonds is 6. The van der Waals surface area contributed by atoms with Crippen molar-refractivity contribution in [1.29, 1.82) is 0 Å². The molecule has 0 amide bonds. The molecular weight excluding hydrogens is 300 g/mol. The molecule has 3 heterocycles. The standard InChI is InChI=1S/C19H28N4O/c1-15(2)18-5-3-4-17(21-18)14-22-10-7-16(8-11-22)19-6-9-20-23(19)12-13-24/h3-6,9,15-16,24H,7-8,10-14H2,1-2H3. The van der Waals surface area contributed by atoms with E-state index >= 15 is 0 Å². The number of hydrogen-bond acceptors (Lipinski definition) is 4. The van der Waals surface area contributed by atoms with Crippen LogP contribution in [0.1, 0.15) is 55.6 Å². The van der Waals surface area contributed by atoms with E-state index in [1.807, 2.05) is 10.9 Å². The van der Waals surface area contributed by atoms with E-state index in [0.29, 0.717) is 18.4 Å². The molecule has 0 saturated carbocycles. The Morgan fingerprint density at radius 3 is 2.71 bits per heavy atom. The van der Waals surface area contributed by atoms with Gasteiger partial charge < -0.3 is 5.11 Å². The molecule has 5 nitrogen and oxygen atoms in total. The lowest BCUT2D eigenvalue weighted by molar-refractivity contribution is 0.197. The van der Waals surface area contributed by atoms with Gasteiger partial charge in [-0.05, 0) is 50.0 Å². The van der Waals surface area contributed by atoms with Crippen molar-refractivity contribution in [3.63, 3.8) is 0 Å². The van der Waals surface area contributed by atoms with Gasteiger partial charge in [0.05, 0.1) is 18.8 Å². The summed E-state index contributed by atoms with van der Waals surface area (Å²) >= 11 is 0. The minimum absolute atomic E-state index is 0.144. The van der Waals surface area contributed by atoms with Gasteiger partial charge in [0.25, 0.3) is 0 Å². The van der Waals surface area contributed by atoms with Crippen LogP contribution in [-0.4, -0.2) is 44.5 Å². The van der Waals surface area contributed by atoms with Gasteiger partial charge in [-0.25, -0.2) is 0 Å². The molecule has 3 rings (SSSR count). The summed E-state index contributed by atoms with van der Waals surface area (Å²) in [6, 6.07) is 8.47. The fraction of sp³-hybridized carbons (Fsp3) is 0.579. The molecule has 0 spiro atoms. The average molecular weight is 328 g/mol. The SMILES string of the molecule is CC(C)c1cccc(CN2CCC(c3ccnn3CCO)CC2)n1. The first-order valence-corrected chi connectivity index (χ1v) is 8.98. The zero-order valence-corrected chi connectivity index (χ0v) is 14.7. The number of aliphatic hydroxyl groups excluding tert-OH is 1. The summed E-state index contributed by atoms with van der Waals surface area (Å²) < 4.78 is 1.95. The van der Waals surface area contributed by atoms with E-state index < -0.39 is 0 Å². The van der Waals surface area contributed by atoms with Crippen LogP contribution in [0.4, 0.5) is 0 Å². The maximum Gasteiger partial charge on any atom is 0.0644 e. The fourth-order valence-corrected chi connectivity index (χ4v) is 3.49. The topological polar surface area (TPSA) is 54.2 Å². The van der Waals surface area contributed by atoms with Crippen molar-refractivity contribution in [2.24, 2.45) is 0 Å². The predicted molar refractivity (Wildman–Crippen MR) is 94.9 cm³/mol. The first-order valence-electron chi connectivity index (χ1n) is 8.98. The molecule has 1 aliphatic heterocycles. The second-order valence-electron chi connectivity index (χ2n) is 6.96. The zero-order valence-electron chi connectivity index (χ0n) is 14.7. The van der Waals surface area contributed by atoms with Crippen LogP contribution in [0.15, 0.2) is 30.5 Å². The number of aromatic nitrogens is 3. The largest absolute Gasteiger partial charge is 0.394 e. The molecule has 0 bridgehead atoms. The Kier molecular flexibility index (Phi) is 5.63. The van der Waals surface area contributed by atoms with Crippen LogP contribution < -0.4 is 0 Å². The predicted octanol–water partition coefficient (Wildman–Crippen LogP) is 2.77. The van der Waals surface area contributed by atoms with Gasteiger partial charge in [-0.2, -0.15) is 5.10 Å². The highest BCUT2D eigenvalue weighted by Gasteiger charge is 2.23. The van der Waals surface area contributed by atoms with Crippen LogP contribution in [0.5, 0.6) is 0 Å². The molecule has 0 unspecified atom stereocenters. The van der Waals surface area contributed by atoms with Crippen LogP contribution in [0.25, 0.3) is 0 Å². The van der Waals surface area contributed by atoms with Gasteiger partial charge in [0, 0.05) is 30.0 Å². The highest BCUT2D eigenvalue weighted by atomic mass is 16.3. The monoisotopic (exact) mass is 328 g/mol. The molecular formula is C19H28N4O. The Morgan fingerprint density at radius 1 is 1.21 bits per heavy atom. The second-order valence-corrected chi connectivity index (χ2v) is 6.96. The molecule has 0 atom stereocenters. The molecule has 130 valence electrons. The molecule has 5 heteroatoms. The summed E-state index contributed by atoms with van der Waals surface area (Å²) in [6.45, 7) is 8.22. The molecule has 2 aromatic heterocycles. The van der Waals surface area contributed by atoms with Gasteiger partial charge in [-0.1, -0.05) is 19.9 Å². The molecule has 2 aromatic rings. The highest BCUT2D eigenvalue weighted by molar-refractivity contribution is 5.14. The van der Waals surface area contributed by atoms with Gasteiger partial charge in [0.1, 0.15) is 0 Å². The number of hydrogen-bond donors (Lipinski definition) is 1. The fourth-order valence-electron chi connectivity index (χ4n) is 3.49. The Hall–Kier alpha value is -1.72. The van der Waals surface area contributed by atoms with Crippen molar-refractivity contribution in [2.75, 3.05) is 19.7 Å². The second kappa shape index (κ2) is 7.90. The van der Waals surface area contributed by atoms with Gasteiger partial charge in [0.2, 0.25) is 0 Å². The van der Waals surface area contributed by atoms with E-state index in [-0.39, 0.29) is 6.61 Å². The summed E-state index contributed by atoms with van der Waals surface area (Å²) in [6.07, 6.45) is 4.13. The Bertz CT molecular complexity index is 644. The van der Waals surface area contributed by atoms with Crippen LogP contribution in [-0.2, 0) is 13.1 Å². The lowest BCUT2D eigenvalue weighted by Gasteiger charge is -2.32. The number of nitrogens with zero attached hydrogens (tertiary/aromatic N) is 4. The van der Waals surface area contributed by atoms with E-state index in [1.165, 1.54) is 17.1 Å². The summed E-state index contributed by atoms with van der Waals surface area (Å²) in [5.41, 5.74) is 3.61. The normalized spacial score (nSPS) is 16.8. The van der Waals surface area contributed by atoms with Crippen LogP contribution in [0.2, 0.25) is 0 Å². The zero-order chi connectivity index (χ0) is 16.9. The number of piperidine rings is 1. The molecule has 1 saturated heterocycles. The molecule has 1 aliphatic rings. The Balaban J connectivity index is 1.57. The van der Waals surface area contributed by atoms with Gasteiger partial charge >= 0.3 is 0 Å². The van der Waals surface area contributed by atoms with E-state index in [1.54, 1.807) is 0 Å². The van der Waals surface area contributed by atoms with Crippen LogP contribution >= 0.6 is 0 Å². The first kappa shape index (κ1) is 17.1. The van der Waals surface area contributed by atoms with E-state index in [0.717, 1.165) is 32.5 Å². The van der Waals surface area contributed by atoms with Gasteiger partial charge in [-0.3, -0.25) is 14.6 Å². The minimum Gasteiger partial charge on any atom is -0.394 e. The smallest absolute Gasteiger partial charge is 0.0644 e. The number of aliphatic hydroxyl groups is 1. The lowest BCUT2D eigenvalue weighted by atomic mass is 9.93. The summed E-state index contributed by atoms with van der Waals surface area (Å²) in [4.78, 5) is 7.29. The van der Waals surface area contributed by atoms with Gasteiger partial charge in [-0.15, -0.1) is 0 Å². The van der Waals surface area contributed by atoms with Crippen molar-refractivity contribution in [1.82, 2.24) is 19.7 Å². The average Bonchev–Trinajstić information content (AvgIpc) is 3.04. The van der Waals surface area contributed by atoms with Crippen LogP contribution in [0, 0.1) is 0 Å². The lowest BCUT2D eigenvalue weighted by Crippen LogP contribution is -2.33. The number of pyridine rings is 1. The molecule has 0 aliphatic carbocycles. The summed E-state index contributed by atoms with van der Waals surface area (Å²) in [7, 11) is 0. The third kappa shape index (κ3) is 4.02. The molecule has 24 heavy (non-hydrogen) atoms. The minimum atomic E-state index is 0.144. The van der Waals surface area contributed by atoms with Crippen molar-refractivity contribution in [2.45, 2.75) is 51.6 Å². The van der Waals surface area contributed by atoms with Crippen molar-refractivity contribution in [3.05, 3.63) is 47.5 Å². The van der Waals surface area contributed by atoms with Crippen LogP contribution in [0.3, 0.4) is 0 Å². The maximum atomic E-state index is 9.15. The first-order chi connectivity index (χ1) is 11.7. The number of likely N-dealkylation sites (tertiary alicyclic amines) is 1. The third-order valence-corrected chi connectivity index (χ3v) is 4.87. The molecule has 1 N–H and O–H groups in total. The molecule has 1 fully saturated rings. The van der Waals surface area contributed by atoms with E-state index in [4.69, 9.17) is 10.1 Å². The van der Waals surface area contributed by atoms with Crippen molar-refractivity contribution < 1.29 is 5.11 Å². The maximum absolute atomic E-state index is 9.15. The van der Waals surface area contributed by atoms with E-state index in [2.05, 4.69) is 48.1 Å². The van der Waals surface area contributed by atoms with E-state index in [9.17, 15) is 0 Å². The highest BCUT2D eigenvalue weighted by Crippen LogP contribution is 2.28. The van der Waals surface area contributed by atoms with Gasteiger partial charge in [0.15, 0.2) is 0 Å².